The van der Waals surface area contributed by atoms with Gasteiger partial charge in [0.05, 0.1) is 6.04 Å². The summed E-state index contributed by atoms with van der Waals surface area (Å²) in [5.41, 5.74) is 1.63. The quantitative estimate of drug-likeness (QED) is 0.817. The van der Waals surface area contributed by atoms with Crippen LogP contribution in [0.25, 0.3) is 0 Å². The number of nitrogens with one attached hydrogen (secondary N) is 1. The molecule has 0 bridgehead atoms. The normalized spacial score (nSPS) is 28.5. The van der Waals surface area contributed by atoms with E-state index < -0.39 is 0 Å². The Balaban J connectivity index is 0.00000156. The van der Waals surface area contributed by atoms with Gasteiger partial charge in [0.2, 0.25) is 5.91 Å². The van der Waals surface area contributed by atoms with E-state index in [1.54, 1.807) is 0 Å². The summed E-state index contributed by atoms with van der Waals surface area (Å²) in [6, 6.07) is 8.78. The van der Waals surface area contributed by atoms with Crippen molar-refractivity contribution in [3.63, 3.8) is 0 Å². The number of nitrogens with zero attached hydrogens (tertiary/aromatic N) is 1. The molecule has 2 aliphatic heterocycles. The number of amides is 1. The van der Waals surface area contributed by atoms with Gasteiger partial charge >= 0.3 is 0 Å². The molecule has 1 aliphatic carbocycles. The van der Waals surface area contributed by atoms with Crippen molar-refractivity contribution >= 4 is 34.2 Å². The lowest BCUT2D eigenvalue weighted by Gasteiger charge is -2.28. The summed E-state index contributed by atoms with van der Waals surface area (Å²) in [5, 5.41) is 3.42. The fourth-order valence-corrected chi connectivity index (χ4v) is 4.70. The molecule has 1 aromatic rings. The standard InChI is InChI=1S/C18H23BrN2O.ClH/c19-14-5-3-13(4-6-14)16-2-1-11-21(16)17(22)15-12-18(15)7-9-20-10-8-18;/h3-6,15-16,20H,1-2,7-12H2;1H. The van der Waals surface area contributed by atoms with Crippen molar-refractivity contribution in [1.82, 2.24) is 10.2 Å². The van der Waals surface area contributed by atoms with E-state index in [1.807, 2.05) is 0 Å². The van der Waals surface area contributed by atoms with Crippen LogP contribution >= 0.6 is 28.3 Å². The maximum absolute atomic E-state index is 13.0. The first-order valence-corrected chi connectivity index (χ1v) is 9.26. The van der Waals surface area contributed by atoms with Crippen molar-refractivity contribution in [3.05, 3.63) is 34.3 Å². The van der Waals surface area contributed by atoms with Crippen LogP contribution < -0.4 is 5.32 Å². The lowest BCUT2D eigenvalue weighted by Crippen LogP contribution is -2.36. The summed E-state index contributed by atoms with van der Waals surface area (Å²) in [6.45, 7) is 3.10. The highest BCUT2D eigenvalue weighted by Crippen LogP contribution is 2.59. The number of benzene rings is 1. The minimum Gasteiger partial charge on any atom is -0.335 e. The number of hydrogen-bond acceptors (Lipinski definition) is 2. The first kappa shape index (κ1) is 17.2. The first-order chi connectivity index (χ1) is 10.7. The van der Waals surface area contributed by atoms with Gasteiger partial charge in [-0.25, -0.2) is 0 Å². The molecular weight excluding hydrogens is 376 g/mol. The summed E-state index contributed by atoms with van der Waals surface area (Å²) in [7, 11) is 0. The molecular formula is C18H24BrClN2O. The fourth-order valence-electron chi connectivity index (χ4n) is 4.44. The van der Waals surface area contributed by atoms with Crippen LogP contribution in [-0.4, -0.2) is 30.4 Å². The highest BCUT2D eigenvalue weighted by molar-refractivity contribution is 9.10. The average molecular weight is 400 g/mol. The van der Waals surface area contributed by atoms with Gasteiger partial charge in [-0.05, 0) is 68.3 Å². The molecule has 23 heavy (non-hydrogen) atoms. The van der Waals surface area contributed by atoms with Crippen molar-refractivity contribution in [2.45, 2.75) is 38.1 Å². The molecule has 1 amide bonds. The largest absolute Gasteiger partial charge is 0.335 e. The number of rotatable bonds is 2. The topological polar surface area (TPSA) is 32.3 Å². The Morgan fingerprint density at radius 1 is 1.22 bits per heavy atom. The Morgan fingerprint density at radius 2 is 1.91 bits per heavy atom. The van der Waals surface area contributed by atoms with Gasteiger partial charge in [-0.1, -0.05) is 28.1 Å². The molecule has 126 valence electrons. The first-order valence-electron chi connectivity index (χ1n) is 8.46. The van der Waals surface area contributed by atoms with Crippen LogP contribution in [0.4, 0.5) is 0 Å². The number of carbonyl (C=O) groups excluding carboxylic acids is 1. The molecule has 1 saturated carbocycles. The third kappa shape index (κ3) is 3.18. The molecule has 0 radical (unpaired) electrons. The van der Waals surface area contributed by atoms with Crippen molar-refractivity contribution < 1.29 is 4.79 Å². The molecule has 3 aliphatic rings. The average Bonchev–Trinajstić information content (AvgIpc) is 3.00. The van der Waals surface area contributed by atoms with Gasteiger partial charge in [0.25, 0.3) is 0 Å². The van der Waals surface area contributed by atoms with Crippen LogP contribution in [-0.2, 0) is 4.79 Å². The third-order valence-corrected chi connectivity index (χ3v) is 6.41. The molecule has 2 heterocycles. The second-order valence-electron chi connectivity index (χ2n) is 7.11. The van der Waals surface area contributed by atoms with E-state index in [4.69, 9.17) is 0 Å². The van der Waals surface area contributed by atoms with Gasteiger partial charge < -0.3 is 10.2 Å². The van der Waals surface area contributed by atoms with Crippen molar-refractivity contribution in [1.29, 1.82) is 0 Å². The number of hydrogen-bond donors (Lipinski definition) is 1. The summed E-state index contributed by atoms with van der Waals surface area (Å²) in [4.78, 5) is 15.2. The van der Waals surface area contributed by atoms with E-state index in [1.165, 1.54) is 18.4 Å². The molecule has 0 aromatic heterocycles. The van der Waals surface area contributed by atoms with Crippen LogP contribution in [0, 0.1) is 11.3 Å². The maximum atomic E-state index is 13.0. The predicted molar refractivity (Wildman–Crippen MR) is 97.7 cm³/mol. The van der Waals surface area contributed by atoms with E-state index in [-0.39, 0.29) is 12.4 Å². The van der Waals surface area contributed by atoms with Gasteiger partial charge in [0, 0.05) is 16.9 Å². The van der Waals surface area contributed by atoms with Gasteiger partial charge in [0.15, 0.2) is 0 Å². The zero-order chi connectivity index (χ0) is 15.2. The van der Waals surface area contributed by atoms with E-state index in [2.05, 4.69) is 50.4 Å². The van der Waals surface area contributed by atoms with Crippen molar-refractivity contribution in [2.75, 3.05) is 19.6 Å². The maximum Gasteiger partial charge on any atom is 0.226 e. The van der Waals surface area contributed by atoms with E-state index in [9.17, 15) is 4.79 Å². The Labute approximate surface area is 152 Å². The van der Waals surface area contributed by atoms with Crippen LogP contribution in [0.2, 0.25) is 0 Å². The van der Waals surface area contributed by atoms with Gasteiger partial charge in [-0.2, -0.15) is 0 Å². The number of likely N-dealkylation sites (tertiary alicyclic amines) is 1. The Bertz CT molecular complexity index is 571. The molecule has 1 aromatic carbocycles. The fraction of sp³-hybridized carbons (Fsp3) is 0.611. The Kier molecular flexibility index (Phi) is 5.05. The summed E-state index contributed by atoms with van der Waals surface area (Å²) in [5.74, 6) is 0.720. The second kappa shape index (κ2) is 6.73. The molecule has 2 atom stereocenters. The smallest absolute Gasteiger partial charge is 0.226 e. The van der Waals surface area contributed by atoms with E-state index in [0.717, 1.165) is 43.4 Å². The molecule has 2 unspecified atom stereocenters. The lowest BCUT2D eigenvalue weighted by molar-refractivity contribution is -0.134. The molecule has 4 rings (SSSR count). The minimum absolute atomic E-state index is 0. The highest BCUT2D eigenvalue weighted by atomic mass is 79.9. The Hall–Kier alpha value is -0.580. The molecule has 5 heteroatoms. The Morgan fingerprint density at radius 3 is 2.61 bits per heavy atom. The molecule has 1 spiro atoms. The second-order valence-corrected chi connectivity index (χ2v) is 8.03. The zero-order valence-corrected chi connectivity index (χ0v) is 15.7. The van der Waals surface area contributed by atoms with Gasteiger partial charge in [0.1, 0.15) is 0 Å². The minimum atomic E-state index is 0. The highest BCUT2D eigenvalue weighted by Gasteiger charge is 2.59. The molecule has 1 N–H and O–H groups in total. The van der Waals surface area contributed by atoms with Crippen LogP contribution in [0.3, 0.4) is 0 Å². The van der Waals surface area contributed by atoms with Crippen molar-refractivity contribution in [2.24, 2.45) is 11.3 Å². The lowest BCUT2D eigenvalue weighted by atomic mass is 9.91. The van der Waals surface area contributed by atoms with E-state index >= 15 is 0 Å². The summed E-state index contributed by atoms with van der Waals surface area (Å²) in [6.07, 6.45) is 5.72. The number of halogens is 2. The third-order valence-electron chi connectivity index (χ3n) is 5.88. The number of carbonyl (C=O) groups is 1. The van der Waals surface area contributed by atoms with E-state index in [0.29, 0.717) is 23.3 Å². The molecule has 3 fully saturated rings. The van der Waals surface area contributed by atoms with Crippen LogP contribution in [0.5, 0.6) is 0 Å². The van der Waals surface area contributed by atoms with Crippen LogP contribution in [0.1, 0.15) is 43.7 Å². The van der Waals surface area contributed by atoms with Crippen LogP contribution in [0.15, 0.2) is 28.7 Å². The van der Waals surface area contributed by atoms with Gasteiger partial charge in [-0.15, -0.1) is 12.4 Å². The summed E-state index contributed by atoms with van der Waals surface area (Å²) >= 11 is 3.49. The SMILES string of the molecule is Cl.O=C(C1CC12CCNCC2)N1CCCC1c1ccc(Br)cc1. The number of piperidine rings is 1. The molecule has 3 nitrogen and oxygen atoms in total. The monoisotopic (exact) mass is 398 g/mol. The summed E-state index contributed by atoms with van der Waals surface area (Å²) < 4.78 is 1.10. The molecule has 2 saturated heterocycles. The zero-order valence-electron chi connectivity index (χ0n) is 13.3. The predicted octanol–water partition coefficient (Wildman–Crippen LogP) is 3.92. The van der Waals surface area contributed by atoms with Crippen molar-refractivity contribution in [3.8, 4) is 0 Å². The van der Waals surface area contributed by atoms with Gasteiger partial charge in [-0.3, -0.25) is 4.79 Å².